The maximum Gasteiger partial charge on any atom is 0.160 e. The normalized spacial score (nSPS) is 12.3. The smallest absolute Gasteiger partial charge is 0.160 e. The van der Waals surface area contributed by atoms with Crippen molar-refractivity contribution in [3.63, 3.8) is 0 Å². The molecule has 14 heavy (non-hydrogen) atoms. The fourth-order valence-corrected chi connectivity index (χ4v) is 1.10. The number of hydrogen-bond acceptors (Lipinski definition) is 6. The average molecular weight is 197 g/mol. The third-order valence-corrected chi connectivity index (χ3v) is 1.70. The molecule has 0 fully saturated rings. The molecular weight excluding hydrogens is 182 g/mol. The van der Waals surface area contributed by atoms with E-state index < -0.39 is 6.10 Å². The largest absolute Gasteiger partial charge is 0.392 e. The van der Waals surface area contributed by atoms with Gasteiger partial charge in [-0.1, -0.05) is 0 Å². The fourth-order valence-electron chi connectivity index (χ4n) is 1.10. The molecule has 0 aromatic carbocycles. The van der Waals surface area contributed by atoms with E-state index in [1.165, 1.54) is 6.20 Å². The molecule has 4 N–H and O–H groups in total. The van der Waals surface area contributed by atoms with E-state index in [1.54, 1.807) is 18.0 Å². The van der Waals surface area contributed by atoms with E-state index in [0.717, 1.165) is 0 Å². The quantitative estimate of drug-likeness (QED) is 0.449. The number of anilines is 2. The molecule has 0 saturated carbocycles. The second-order valence-electron chi connectivity index (χ2n) is 3.14. The maximum absolute atomic E-state index is 9.18. The Morgan fingerprint density at radius 2 is 2.36 bits per heavy atom. The zero-order valence-electron chi connectivity index (χ0n) is 8.31. The zero-order valence-corrected chi connectivity index (χ0v) is 8.31. The van der Waals surface area contributed by atoms with Gasteiger partial charge in [-0.25, -0.2) is 10.8 Å². The van der Waals surface area contributed by atoms with Crippen LogP contribution in [0.1, 0.15) is 6.92 Å². The Balaban J connectivity index is 2.73. The van der Waals surface area contributed by atoms with Crippen LogP contribution in [-0.4, -0.2) is 34.8 Å². The van der Waals surface area contributed by atoms with Crippen LogP contribution in [0.3, 0.4) is 0 Å². The molecule has 1 rings (SSSR count). The summed E-state index contributed by atoms with van der Waals surface area (Å²) in [6.45, 7) is 2.22. The van der Waals surface area contributed by atoms with Crippen LogP contribution in [-0.2, 0) is 0 Å². The topological polar surface area (TPSA) is 87.3 Å². The number of hydrogen-bond donors (Lipinski definition) is 3. The number of likely N-dealkylation sites (N-methyl/N-ethyl adjacent to an activating group) is 1. The van der Waals surface area contributed by atoms with Crippen molar-refractivity contribution in [2.45, 2.75) is 13.0 Å². The molecule has 0 radical (unpaired) electrons. The van der Waals surface area contributed by atoms with E-state index in [-0.39, 0.29) is 0 Å². The second-order valence-corrected chi connectivity index (χ2v) is 3.14. The van der Waals surface area contributed by atoms with Crippen LogP contribution in [0.2, 0.25) is 0 Å². The highest BCUT2D eigenvalue weighted by Gasteiger charge is 2.06. The number of aromatic nitrogens is 2. The number of hydrazine groups is 1. The van der Waals surface area contributed by atoms with Gasteiger partial charge in [0, 0.05) is 13.6 Å². The molecule has 78 valence electrons. The average Bonchev–Trinajstić information content (AvgIpc) is 2.17. The number of aliphatic hydroxyl groups is 1. The molecule has 0 bridgehead atoms. The van der Waals surface area contributed by atoms with Crippen molar-refractivity contribution in [2.75, 3.05) is 23.9 Å². The zero-order chi connectivity index (χ0) is 10.6. The molecular formula is C8H15N5O. The number of aliphatic hydroxyl groups excluding tert-OH is 1. The summed E-state index contributed by atoms with van der Waals surface area (Å²) in [4.78, 5) is 9.92. The first-order valence-electron chi connectivity index (χ1n) is 4.31. The molecule has 1 aromatic rings. The van der Waals surface area contributed by atoms with E-state index >= 15 is 0 Å². The van der Waals surface area contributed by atoms with Gasteiger partial charge < -0.3 is 15.4 Å². The van der Waals surface area contributed by atoms with E-state index in [9.17, 15) is 5.11 Å². The van der Waals surface area contributed by atoms with Crippen molar-refractivity contribution in [1.29, 1.82) is 0 Å². The van der Waals surface area contributed by atoms with Crippen LogP contribution in [0, 0.1) is 0 Å². The molecule has 6 nitrogen and oxygen atoms in total. The monoisotopic (exact) mass is 197 g/mol. The van der Waals surface area contributed by atoms with Gasteiger partial charge in [0.2, 0.25) is 0 Å². The van der Waals surface area contributed by atoms with E-state index in [2.05, 4.69) is 15.4 Å². The summed E-state index contributed by atoms with van der Waals surface area (Å²) < 4.78 is 0. The number of nitrogens with two attached hydrogens (primary N) is 1. The molecule has 1 aromatic heterocycles. The standard InChI is InChI=1S/C8H15N5O/c1-6(14)5-13(2)8-4-10-3-7(11-8)12-9/h3-4,6,14H,5,9H2,1-2H3,(H,11,12). The van der Waals surface area contributed by atoms with Crippen LogP contribution in [0.5, 0.6) is 0 Å². The Morgan fingerprint density at radius 1 is 1.64 bits per heavy atom. The molecule has 6 heteroatoms. The molecule has 1 heterocycles. The first kappa shape index (κ1) is 10.7. The second kappa shape index (κ2) is 4.73. The molecule has 0 saturated heterocycles. The van der Waals surface area contributed by atoms with Gasteiger partial charge in [-0.3, -0.25) is 4.98 Å². The highest BCUT2D eigenvalue weighted by molar-refractivity contribution is 5.42. The molecule has 0 aliphatic rings. The van der Waals surface area contributed by atoms with Gasteiger partial charge in [0.25, 0.3) is 0 Å². The minimum absolute atomic E-state index is 0.406. The minimum Gasteiger partial charge on any atom is -0.392 e. The predicted molar refractivity (Wildman–Crippen MR) is 54.8 cm³/mol. The van der Waals surface area contributed by atoms with Crippen LogP contribution < -0.4 is 16.2 Å². The van der Waals surface area contributed by atoms with Gasteiger partial charge in [-0.05, 0) is 6.92 Å². The summed E-state index contributed by atoms with van der Waals surface area (Å²) in [5.74, 6) is 6.37. The van der Waals surface area contributed by atoms with Gasteiger partial charge >= 0.3 is 0 Å². The van der Waals surface area contributed by atoms with E-state index in [1.807, 2.05) is 7.05 Å². The maximum atomic E-state index is 9.18. The third kappa shape index (κ3) is 2.82. The Hall–Kier alpha value is -1.40. The minimum atomic E-state index is -0.406. The summed E-state index contributed by atoms with van der Waals surface area (Å²) >= 11 is 0. The van der Waals surface area contributed by atoms with Crippen molar-refractivity contribution in [3.8, 4) is 0 Å². The van der Waals surface area contributed by atoms with E-state index in [0.29, 0.717) is 18.2 Å². The highest BCUT2D eigenvalue weighted by Crippen LogP contribution is 2.09. The van der Waals surface area contributed by atoms with Crippen LogP contribution in [0.15, 0.2) is 12.4 Å². The predicted octanol–water partition coefficient (Wildman–Crippen LogP) is -0.421. The molecule has 0 aliphatic heterocycles. The number of nitrogens with one attached hydrogen (secondary N) is 1. The SMILES string of the molecule is CC(O)CN(C)c1cncc(NN)n1. The first-order chi connectivity index (χ1) is 6.63. The molecule has 0 amide bonds. The van der Waals surface area contributed by atoms with Crippen molar-refractivity contribution in [2.24, 2.45) is 5.84 Å². The van der Waals surface area contributed by atoms with Crippen molar-refractivity contribution in [3.05, 3.63) is 12.4 Å². The molecule has 1 unspecified atom stereocenters. The number of rotatable bonds is 4. The molecule has 0 spiro atoms. The lowest BCUT2D eigenvalue weighted by atomic mass is 10.4. The van der Waals surface area contributed by atoms with Crippen LogP contribution in [0.4, 0.5) is 11.6 Å². The van der Waals surface area contributed by atoms with Crippen LogP contribution >= 0.6 is 0 Å². The van der Waals surface area contributed by atoms with Crippen molar-refractivity contribution in [1.82, 2.24) is 9.97 Å². The van der Waals surface area contributed by atoms with Gasteiger partial charge in [-0.15, -0.1) is 0 Å². The first-order valence-corrected chi connectivity index (χ1v) is 4.31. The van der Waals surface area contributed by atoms with Gasteiger partial charge in [-0.2, -0.15) is 0 Å². The van der Waals surface area contributed by atoms with E-state index in [4.69, 9.17) is 5.84 Å². The van der Waals surface area contributed by atoms with Gasteiger partial charge in [0.1, 0.15) is 5.82 Å². The lowest BCUT2D eigenvalue weighted by Crippen LogP contribution is -2.28. The van der Waals surface area contributed by atoms with Crippen molar-refractivity contribution < 1.29 is 5.11 Å². The lowest BCUT2D eigenvalue weighted by Gasteiger charge is -2.19. The summed E-state index contributed by atoms with van der Waals surface area (Å²) in [6.07, 6.45) is 2.74. The fraction of sp³-hybridized carbons (Fsp3) is 0.500. The Kier molecular flexibility index (Phi) is 3.61. The Morgan fingerprint density at radius 3 is 2.93 bits per heavy atom. The molecule has 0 aliphatic carbocycles. The highest BCUT2D eigenvalue weighted by atomic mass is 16.3. The summed E-state index contributed by atoms with van der Waals surface area (Å²) in [6, 6.07) is 0. The Labute approximate surface area is 82.7 Å². The van der Waals surface area contributed by atoms with Crippen molar-refractivity contribution >= 4 is 11.6 Å². The summed E-state index contributed by atoms with van der Waals surface area (Å²) in [5, 5.41) is 9.18. The van der Waals surface area contributed by atoms with Gasteiger partial charge in [0.15, 0.2) is 5.82 Å². The summed E-state index contributed by atoms with van der Waals surface area (Å²) in [7, 11) is 1.83. The molecule has 1 atom stereocenters. The summed E-state index contributed by atoms with van der Waals surface area (Å²) in [5.41, 5.74) is 2.41. The number of nitrogens with zero attached hydrogens (tertiary/aromatic N) is 3. The number of nitrogen functional groups attached to an aromatic ring is 1. The lowest BCUT2D eigenvalue weighted by molar-refractivity contribution is 0.201. The third-order valence-electron chi connectivity index (χ3n) is 1.70. The van der Waals surface area contributed by atoms with Gasteiger partial charge in [0.05, 0.1) is 18.5 Å². The Bertz CT molecular complexity index is 291. The van der Waals surface area contributed by atoms with Crippen LogP contribution in [0.25, 0.3) is 0 Å².